The lowest BCUT2D eigenvalue weighted by Gasteiger charge is -2.57. The average Bonchev–Trinajstić information content (AvgIpc) is 3.66. The van der Waals surface area contributed by atoms with Gasteiger partial charge in [0, 0.05) is 44.4 Å². The molecule has 0 spiro atoms. The molecule has 0 N–H and O–H groups in total. The molecular formula is C63H57BN2. The predicted molar refractivity (Wildman–Crippen MR) is 275 cm³/mol. The van der Waals surface area contributed by atoms with E-state index in [1.54, 1.807) is 11.1 Å². The van der Waals surface area contributed by atoms with E-state index in [-0.39, 0.29) is 6.85 Å². The van der Waals surface area contributed by atoms with E-state index < -0.39 is 0 Å². The molecule has 66 heavy (non-hydrogen) atoms. The Kier molecular flexibility index (Phi) is 7.47. The van der Waals surface area contributed by atoms with E-state index in [2.05, 4.69) is 162 Å². The van der Waals surface area contributed by atoms with E-state index in [0.29, 0.717) is 10.8 Å². The lowest BCUT2D eigenvalue weighted by Crippen LogP contribution is -2.56. The molecule has 8 saturated carbocycles. The van der Waals surface area contributed by atoms with Gasteiger partial charge in [0.25, 0.3) is 0 Å². The van der Waals surface area contributed by atoms with Gasteiger partial charge in [-0.3, -0.25) is 0 Å². The standard InChI is InChI=1S/C63H57BN2/c1-38-20-53-55-31-50(63-35-42-25-43(36-63)27-44(26-42)37-63)30-54-52-29-49(62-32-39-22-40(33-62)24-41(23-39)34-62)15-19-57(52)66(61(54)55)64-56-28-48(46-10-6-3-7-11-46)14-18-58(56)65(59(21-38)60(53)64)51-16-12-47(13-17-51)45-8-4-2-5-9-45/h2-21,28-31,39-44H,22-27,32-37H2,1H3. The predicted octanol–water partition coefficient (Wildman–Crippen LogP) is 14.8. The largest absolute Gasteiger partial charge is 0.375 e. The van der Waals surface area contributed by atoms with E-state index >= 15 is 0 Å². The van der Waals surface area contributed by atoms with Crippen molar-refractivity contribution in [1.82, 2.24) is 4.48 Å². The molecule has 8 fully saturated rings. The summed E-state index contributed by atoms with van der Waals surface area (Å²) in [5, 5.41) is 3.03. The normalized spacial score (nSPS) is 29.2. The number of fused-ring (bicyclic) bond motifs is 7. The molecule has 0 unspecified atom stereocenters. The van der Waals surface area contributed by atoms with E-state index in [4.69, 9.17) is 0 Å². The Morgan fingerprint density at radius 1 is 0.455 bits per heavy atom. The lowest BCUT2D eigenvalue weighted by molar-refractivity contribution is -0.00527. The molecule has 0 atom stereocenters. The SMILES string of the molecule is Cc1cc2c3c(c1)N(c1ccc(-c4ccccc4)cc1)c1ccc(-c4ccccc4)cc1B3n1c3ccc(C45CC6CC(CC(C6)C4)C5)cc3c3cc(C45CC6CC(CC(C6)C4)C5)cc-2c31. The topological polar surface area (TPSA) is 8.17 Å². The lowest BCUT2D eigenvalue weighted by atomic mass is 9.44. The Morgan fingerprint density at radius 3 is 1.62 bits per heavy atom. The van der Waals surface area contributed by atoms with Gasteiger partial charge in [0.15, 0.2) is 0 Å². The van der Waals surface area contributed by atoms with Crippen LogP contribution < -0.4 is 15.8 Å². The van der Waals surface area contributed by atoms with Crippen LogP contribution in [0.15, 0.2) is 146 Å². The highest BCUT2D eigenvalue weighted by molar-refractivity contribution is 6.90. The maximum atomic E-state index is 2.86. The van der Waals surface area contributed by atoms with Crippen molar-refractivity contribution in [3.05, 3.63) is 162 Å². The van der Waals surface area contributed by atoms with Gasteiger partial charge in [0.05, 0.1) is 0 Å². The maximum absolute atomic E-state index is 2.86. The molecule has 0 amide bonds. The fourth-order valence-electron chi connectivity index (χ4n) is 17.7. The fourth-order valence-corrected chi connectivity index (χ4v) is 17.7. The molecule has 7 aromatic carbocycles. The quantitative estimate of drug-likeness (QED) is 0.157. The summed E-state index contributed by atoms with van der Waals surface area (Å²) in [6, 6.07) is 57.4. The van der Waals surface area contributed by atoms with Crippen LogP contribution in [-0.2, 0) is 10.8 Å². The van der Waals surface area contributed by atoms with Crippen LogP contribution >= 0.6 is 0 Å². The number of hydrogen-bond acceptors (Lipinski definition) is 1. The van der Waals surface area contributed by atoms with E-state index in [1.165, 1.54) is 166 Å². The Labute approximate surface area is 390 Å². The zero-order chi connectivity index (χ0) is 43.0. The Hall–Kier alpha value is -5.80. The number of hydrogen-bond donors (Lipinski definition) is 0. The summed E-state index contributed by atoms with van der Waals surface area (Å²) in [4.78, 5) is 2.61. The van der Waals surface area contributed by atoms with Crippen molar-refractivity contribution in [2.75, 3.05) is 4.90 Å². The Bertz CT molecular complexity index is 3270. The van der Waals surface area contributed by atoms with Crippen LogP contribution in [0.5, 0.6) is 0 Å². The first-order chi connectivity index (χ1) is 32.4. The molecule has 8 bridgehead atoms. The molecule has 3 heterocycles. The number of aromatic nitrogens is 1. The average molecular weight is 853 g/mol. The molecule has 1 aromatic heterocycles. The van der Waals surface area contributed by atoms with Crippen molar-refractivity contribution >= 4 is 56.6 Å². The molecule has 322 valence electrons. The van der Waals surface area contributed by atoms with Crippen molar-refractivity contribution < 1.29 is 0 Å². The second-order valence-electron chi connectivity index (χ2n) is 23.5. The monoisotopic (exact) mass is 852 g/mol. The minimum Gasteiger partial charge on any atom is -0.375 e. The molecule has 2 aliphatic heterocycles. The molecule has 18 rings (SSSR count). The number of nitrogens with zero attached hydrogens (tertiary/aromatic N) is 2. The number of benzene rings is 7. The summed E-state index contributed by atoms with van der Waals surface area (Å²) in [5.41, 5.74) is 22.8. The number of rotatable bonds is 5. The number of anilines is 3. The number of aryl methyl sites for hydroxylation is 1. The van der Waals surface area contributed by atoms with Crippen LogP contribution in [0.4, 0.5) is 17.1 Å². The van der Waals surface area contributed by atoms with E-state index in [1.807, 2.05) is 0 Å². The molecule has 8 aliphatic carbocycles. The molecule has 3 heteroatoms. The maximum Gasteiger partial charge on any atom is 0.333 e. The fraction of sp³-hybridized carbons (Fsp3) is 0.333. The van der Waals surface area contributed by atoms with Crippen LogP contribution in [0.3, 0.4) is 0 Å². The highest BCUT2D eigenvalue weighted by atomic mass is 15.2. The van der Waals surface area contributed by atoms with Crippen LogP contribution in [0.2, 0.25) is 0 Å². The summed E-state index contributed by atoms with van der Waals surface area (Å²) in [5.74, 6) is 5.49. The highest BCUT2D eigenvalue weighted by Gasteiger charge is 2.54. The minimum absolute atomic E-state index is 0.0393. The van der Waals surface area contributed by atoms with Crippen LogP contribution in [0.25, 0.3) is 55.2 Å². The zero-order valence-electron chi connectivity index (χ0n) is 38.3. The van der Waals surface area contributed by atoms with E-state index in [0.717, 1.165) is 35.5 Å². The van der Waals surface area contributed by atoms with Gasteiger partial charge < -0.3 is 9.38 Å². The highest BCUT2D eigenvalue weighted by Crippen LogP contribution is 2.63. The van der Waals surface area contributed by atoms with Gasteiger partial charge in [-0.15, -0.1) is 0 Å². The van der Waals surface area contributed by atoms with Crippen molar-refractivity contribution in [2.45, 2.75) is 94.8 Å². The Balaban J connectivity index is 0.975. The van der Waals surface area contributed by atoms with Gasteiger partial charge in [-0.25, -0.2) is 0 Å². The first kappa shape index (κ1) is 37.3. The summed E-state index contributed by atoms with van der Waals surface area (Å²) in [6.07, 6.45) is 17.3. The molecule has 2 nitrogen and oxygen atoms in total. The summed E-state index contributed by atoms with van der Waals surface area (Å²) < 4.78 is 2.86. The molecule has 0 saturated heterocycles. The molecule has 10 aliphatic rings. The molecular weight excluding hydrogens is 796 g/mol. The van der Waals surface area contributed by atoms with Crippen LogP contribution in [0, 0.1) is 42.4 Å². The van der Waals surface area contributed by atoms with Gasteiger partial charge in [-0.1, -0.05) is 97.1 Å². The van der Waals surface area contributed by atoms with Gasteiger partial charge in [-0.2, -0.15) is 0 Å². The first-order valence-electron chi connectivity index (χ1n) is 25.9. The Morgan fingerprint density at radius 2 is 1.00 bits per heavy atom. The summed E-state index contributed by atoms with van der Waals surface area (Å²) in [6.45, 7) is 2.39. The third-order valence-electron chi connectivity index (χ3n) is 19.5. The van der Waals surface area contributed by atoms with E-state index in [9.17, 15) is 0 Å². The third kappa shape index (κ3) is 5.16. The minimum atomic E-state index is 0.0393. The van der Waals surface area contributed by atoms with Crippen molar-refractivity contribution in [3.63, 3.8) is 0 Å². The third-order valence-corrected chi connectivity index (χ3v) is 19.5. The zero-order valence-corrected chi connectivity index (χ0v) is 38.3. The van der Waals surface area contributed by atoms with Gasteiger partial charge in [0.1, 0.15) is 0 Å². The van der Waals surface area contributed by atoms with Crippen LogP contribution in [0.1, 0.15) is 93.7 Å². The van der Waals surface area contributed by atoms with Crippen molar-refractivity contribution in [2.24, 2.45) is 35.5 Å². The summed E-state index contributed by atoms with van der Waals surface area (Å²) >= 11 is 0. The van der Waals surface area contributed by atoms with Gasteiger partial charge in [-0.05, 0) is 234 Å². The van der Waals surface area contributed by atoms with Gasteiger partial charge >= 0.3 is 6.85 Å². The second-order valence-corrected chi connectivity index (χ2v) is 23.5. The first-order valence-corrected chi connectivity index (χ1v) is 25.9. The second kappa shape index (κ2) is 13.2. The van der Waals surface area contributed by atoms with Crippen LogP contribution in [-0.4, -0.2) is 11.3 Å². The van der Waals surface area contributed by atoms with Crippen molar-refractivity contribution in [1.29, 1.82) is 0 Å². The molecule has 8 aromatic rings. The van der Waals surface area contributed by atoms with Gasteiger partial charge in [0.2, 0.25) is 0 Å². The summed E-state index contributed by atoms with van der Waals surface area (Å²) in [7, 11) is 0. The smallest absolute Gasteiger partial charge is 0.333 e. The van der Waals surface area contributed by atoms with Crippen molar-refractivity contribution in [3.8, 4) is 33.4 Å². The molecule has 0 radical (unpaired) electrons.